The van der Waals surface area contributed by atoms with Gasteiger partial charge in [-0.3, -0.25) is 9.59 Å². The molecule has 0 spiro atoms. The van der Waals surface area contributed by atoms with Gasteiger partial charge >= 0.3 is 17.9 Å². The molecule has 2 rings (SSSR count). The van der Waals surface area contributed by atoms with Crippen molar-refractivity contribution < 1.29 is 33.3 Å². The summed E-state index contributed by atoms with van der Waals surface area (Å²) in [6.45, 7) is 1.67. The Morgan fingerprint density at radius 1 is 1.45 bits per heavy atom. The first-order valence-corrected chi connectivity index (χ1v) is 10.2. The lowest BCUT2D eigenvalue weighted by Crippen LogP contribution is -2.47. The molecule has 6 unspecified atom stereocenters. The van der Waals surface area contributed by atoms with Crippen LogP contribution in [0.25, 0.3) is 0 Å². The number of carbonyl (C=O) groups is 3. The summed E-state index contributed by atoms with van der Waals surface area (Å²) in [7, 11) is 7.14. The van der Waals surface area contributed by atoms with Gasteiger partial charge in [0.25, 0.3) is 0 Å². The van der Waals surface area contributed by atoms with Crippen molar-refractivity contribution in [3.05, 3.63) is 23.5 Å². The average Bonchev–Trinajstić information content (AvgIpc) is 3.07. The highest BCUT2D eigenvalue weighted by Gasteiger charge is 2.55. The van der Waals surface area contributed by atoms with Crippen LogP contribution in [0.5, 0.6) is 0 Å². The minimum atomic E-state index is -1.02. The first-order chi connectivity index (χ1) is 13.7. The molecule has 9 nitrogen and oxygen atoms in total. The van der Waals surface area contributed by atoms with Gasteiger partial charge in [-0.25, -0.2) is 4.79 Å². The number of fused-ring (bicyclic) bond motifs is 1. The van der Waals surface area contributed by atoms with Crippen LogP contribution < -0.4 is 11.1 Å². The van der Waals surface area contributed by atoms with Crippen molar-refractivity contribution in [1.82, 2.24) is 5.32 Å². The Kier molecular flexibility index (Phi) is 7.85. The Labute approximate surface area is 173 Å². The van der Waals surface area contributed by atoms with Crippen molar-refractivity contribution in [2.45, 2.75) is 37.0 Å². The molecule has 0 aromatic rings. The molecule has 0 aromatic carbocycles. The third kappa shape index (κ3) is 4.65. The van der Waals surface area contributed by atoms with Gasteiger partial charge in [0.2, 0.25) is 6.29 Å². The lowest BCUT2D eigenvalue weighted by molar-refractivity contribution is -0.181. The molecule has 0 amide bonds. The number of nitrogens with two attached hydrogens (primary N) is 1. The van der Waals surface area contributed by atoms with Gasteiger partial charge in [0.15, 0.2) is 0 Å². The van der Waals surface area contributed by atoms with Crippen molar-refractivity contribution in [2.24, 2.45) is 11.7 Å². The van der Waals surface area contributed by atoms with Gasteiger partial charge in [-0.1, -0.05) is 6.08 Å². The number of likely N-dealkylation sites (N-methyl/N-ethyl adjacent to an activating group) is 1. The molecule has 0 fully saturated rings. The normalized spacial score (nSPS) is 27.5. The standard InChI is InChI=1S/C18H28BN2O7P/c1-9(21-2)14(22)26-6-10-4-5-12-11(15(23)25-3)7-27-17(18(10,12)19)28-16(24)13(20)8-29/h4,7,9,12-13,17,21H,5-6,8,19-20,29H2,1-3H3. The Bertz CT molecular complexity index is 729. The zero-order valence-corrected chi connectivity index (χ0v) is 18.3. The second kappa shape index (κ2) is 9.74. The molecular weight excluding hydrogens is 398 g/mol. The molecule has 1 heterocycles. The maximum Gasteiger partial charge on any atom is 0.337 e. The monoisotopic (exact) mass is 426 g/mol. The van der Waals surface area contributed by atoms with E-state index in [2.05, 4.69) is 14.6 Å². The van der Waals surface area contributed by atoms with E-state index in [0.717, 1.165) is 0 Å². The molecule has 0 saturated heterocycles. The summed E-state index contributed by atoms with van der Waals surface area (Å²) in [4.78, 5) is 36.6. The lowest BCUT2D eigenvalue weighted by Gasteiger charge is -2.43. The van der Waals surface area contributed by atoms with Crippen LogP contribution in [0.2, 0.25) is 5.31 Å². The van der Waals surface area contributed by atoms with E-state index >= 15 is 0 Å². The summed E-state index contributed by atoms with van der Waals surface area (Å²) < 4.78 is 21.4. The summed E-state index contributed by atoms with van der Waals surface area (Å²) in [5, 5.41) is 1.90. The molecule has 1 aliphatic heterocycles. The molecule has 1 aliphatic carbocycles. The van der Waals surface area contributed by atoms with Crippen molar-refractivity contribution >= 4 is 35.0 Å². The highest BCUT2D eigenvalue weighted by atomic mass is 31.0. The van der Waals surface area contributed by atoms with E-state index in [9.17, 15) is 14.4 Å². The van der Waals surface area contributed by atoms with E-state index in [1.807, 2.05) is 13.9 Å². The Morgan fingerprint density at radius 2 is 2.14 bits per heavy atom. The Balaban J connectivity index is 2.29. The zero-order chi connectivity index (χ0) is 21.8. The Morgan fingerprint density at radius 3 is 2.72 bits per heavy atom. The minimum Gasteiger partial charge on any atom is -0.466 e. The molecule has 0 bridgehead atoms. The van der Waals surface area contributed by atoms with E-state index in [1.165, 1.54) is 13.4 Å². The third-order valence-electron chi connectivity index (χ3n) is 5.56. The molecule has 0 saturated carbocycles. The number of nitrogens with one attached hydrogen (secondary N) is 1. The predicted molar refractivity (Wildman–Crippen MR) is 111 cm³/mol. The van der Waals surface area contributed by atoms with Gasteiger partial charge in [0, 0.05) is 11.2 Å². The topological polar surface area (TPSA) is 126 Å². The maximum absolute atomic E-state index is 12.3. The molecule has 0 radical (unpaired) electrons. The summed E-state index contributed by atoms with van der Waals surface area (Å²) >= 11 is 0. The van der Waals surface area contributed by atoms with Gasteiger partial charge in [-0.15, -0.1) is 9.24 Å². The fourth-order valence-corrected chi connectivity index (χ4v) is 3.62. The summed E-state index contributed by atoms with van der Waals surface area (Å²) in [5.41, 5.74) is 6.79. The molecule has 2 aliphatic rings. The number of methoxy groups -OCH3 is 1. The van der Waals surface area contributed by atoms with E-state index in [0.29, 0.717) is 23.7 Å². The van der Waals surface area contributed by atoms with Gasteiger partial charge in [-0.2, -0.15) is 0 Å². The number of allylic oxidation sites excluding steroid dienone is 1. The highest BCUT2D eigenvalue weighted by molar-refractivity contribution is 7.16. The second-order valence-corrected chi connectivity index (χ2v) is 7.70. The number of ether oxygens (including phenoxy) is 4. The minimum absolute atomic E-state index is 0.0145. The van der Waals surface area contributed by atoms with Gasteiger partial charge in [0.05, 0.1) is 18.9 Å². The lowest BCUT2D eigenvalue weighted by atomic mass is 9.56. The summed E-state index contributed by atoms with van der Waals surface area (Å²) in [6.07, 6.45) is 2.94. The molecule has 6 atom stereocenters. The largest absolute Gasteiger partial charge is 0.466 e. The van der Waals surface area contributed by atoms with E-state index in [1.54, 1.807) is 14.0 Å². The zero-order valence-electron chi connectivity index (χ0n) is 17.1. The molecule has 3 N–H and O–H groups in total. The Hall–Kier alpha value is -1.90. The van der Waals surface area contributed by atoms with Crippen LogP contribution >= 0.6 is 9.24 Å². The summed E-state index contributed by atoms with van der Waals surface area (Å²) in [6, 6.07) is -1.29. The average molecular weight is 426 g/mol. The van der Waals surface area contributed by atoms with E-state index < -0.39 is 41.6 Å². The summed E-state index contributed by atoms with van der Waals surface area (Å²) in [5.74, 6) is -1.92. The smallest absolute Gasteiger partial charge is 0.337 e. The molecule has 160 valence electrons. The van der Waals surface area contributed by atoms with Crippen LogP contribution in [0, 0.1) is 5.92 Å². The van der Waals surface area contributed by atoms with Crippen molar-refractivity contribution in [2.75, 3.05) is 26.9 Å². The quantitative estimate of drug-likeness (QED) is 0.166. The first-order valence-electron chi connectivity index (χ1n) is 9.34. The number of esters is 3. The van der Waals surface area contributed by atoms with Crippen molar-refractivity contribution in [1.29, 1.82) is 0 Å². The second-order valence-electron chi connectivity index (χ2n) is 7.23. The van der Waals surface area contributed by atoms with Gasteiger partial charge in [0.1, 0.15) is 26.5 Å². The number of hydrogen-bond acceptors (Lipinski definition) is 9. The van der Waals surface area contributed by atoms with Crippen LogP contribution in [0.1, 0.15) is 13.3 Å². The van der Waals surface area contributed by atoms with E-state index in [-0.39, 0.29) is 12.5 Å². The number of carbonyl (C=O) groups excluding carboxylic acids is 3. The van der Waals surface area contributed by atoms with Gasteiger partial charge < -0.3 is 30.0 Å². The third-order valence-corrected chi connectivity index (χ3v) is 6.06. The fourth-order valence-electron chi connectivity index (χ4n) is 3.43. The maximum atomic E-state index is 12.3. The SMILES string of the molecule is BC12C(COC(=O)C(C)NC)=CCC1C(C(=O)OC)=COC2OC(=O)C(N)CP. The van der Waals surface area contributed by atoms with Gasteiger partial charge in [-0.05, 0) is 32.1 Å². The van der Waals surface area contributed by atoms with Crippen LogP contribution in [0.3, 0.4) is 0 Å². The van der Waals surface area contributed by atoms with E-state index in [4.69, 9.17) is 24.7 Å². The molecule has 11 heteroatoms. The number of hydrogen-bond donors (Lipinski definition) is 2. The van der Waals surface area contributed by atoms with Crippen molar-refractivity contribution in [3.8, 4) is 0 Å². The number of rotatable bonds is 8. The fraction of sp³-hybridized carbons (Fsp3) is 0.611. The highest BCUT2D eigenvalue weighted by Crippen LogP contribution is 2.57. The molecular formula is C18H28BN2O7P. The van der Waals surface area contributed by atoms with Crippen molar-refractivity contribution in [3.63, 3.8) is 0 Å². The molecule has 29 heavy (non-hydrogen) atoms. The van der Waals surface area contributed by atoms with Crippen LogP contribution in [-0.2, 0) is 33.3 Å². The van der Waals surface area contributed by atoms with Crippen LogP contribution in [0.15, 0.2) is 23.5 Å². The first kappa shape index (κ1) is 23.4. The van der Waals surface area contributed by atoms with Crippen LogP contribution in [-0.4, -0.2) is 71.1 Å². The van der Waals surface area contributed by atoms with Crippen LogP contribution in [0.4, 0.5) is 0 Å². The molecule has 0 aromatic heterocycles. The predicted octanol–water partition coefficient (Wildman–Crippen LogP) is -0.966.